The lowest BCUT2D eigenvalue weighted by molar-refractivity contribution is 0.628. The second-order valence-corrected chi connectivity index (χ2v) is 5.63. The maximum Gasteiger partial charge on any atom is 0.183 e. The number of benzene rings is 2. The molecule has 5 heteroatoms. The minimum atomic E-state index is -0.353. The van der Waals surface area contributed by atoms with Gasteiger partial charge in [-0.15, -0.1) is 0 Å². The zero-order chi connectivity index (χ0) is 15.1. The number of rotatable bonds is 3. The molecule has 0 spiro atoms. The molecule has 0 saturated heterocycles. The topological polar surface area (TPSA) is 48.2 Å². The molecular formula is C16H14FN3S. The molecule has 106 valence electrons. The van der Waals surface area contributed by atoms with Gasteiger partial charge in [-0.05, 0) is 30.7 Å². The zero-order valence-electron chi connectivity index (χ0n) is 11.5. The molecule has 1 atom stereocenters. The Bertz CT molecular complexity index is 665. The van der Waals surface area contributed by atoms with Gasteiger partial charge in [0.1, 0.15) is 5.82 Å². The fraction of sp³-hybridized carbons (Fsp3) is 0.125. The Morgan fingerprint density at radius 1 is 1.24 bits per heavy atom. The van der Waals surface area contributed by atoms with E-state index >= 15 is 0 Å². The summed E-state index contributed by atoms with van der Waals surface area (Å²) in [6.07, 6.45) is 1.86. The molecule has 0 fully saturated rings. The van der Waals surface area contributed by atoms with Crippen LogP contribution in [0, 0.1) is 17.3 Å². The van der Waals surface area contributed by atoms with Gasteiger partial charge in [-0.25, -0.2) is 9.38 Å². The minimum Gasteiger partial charge on any atom is -0.271 e. The molecule has 0 bridgehead atoms. The molecule has 2 rings (SSSR count). The van der Waals surface area contributed by atoms with Gasteiger partial charge in [-0.3, -0.25) is 5.32 Å². The van der Waals surface area contributed by atoms with E-state index in [2.05, 4.69) is 10.3 Å². The van der Waals surface area contributed by atoms with Crippen LogP contribution in [0.25, 0.3) is 0 Å². The second-order valence-electron chi connectivity index (χ2n) is 4.30. The number of amidine groups is 1. The van der Waals surface area contributed by atoms with Gasteiger partial charge in [-0.1, -0.05) is 48.2 Å². The standard InChI is InChI=1S/C16H14FN3S/c1-12(13-6-3-2-4-7-13)21-16(19-11-18)20-15-9-5-8-14(17)10-15/h2-10,12H,1H3,(H,19,20). The summed E-state index contributed by atoms with van der Waals surface area (Å²) in [6, 6.07) is 15.9. The highest BCUT2D eigenvalue weighted by molar-refractivity contribution is 8.14. The lowest BCUT2D eigenvalue weighted by Crippen LogP contribution is -2.14. The van der Waals surface area contributed by atoms with Crippen molar-refractivity contribution in [3.8, 4) is 6.19 Å². The van der Waals surface area contributed by atoms with Crippen LogP contribution < -0.4 is 5.32 Å². The SMILES string of the molecule is CC(SC(=Nc1cccc(F)c1)NC#N)c1ccccc1. The predicted molar refractivity (Wildman–Crippen MR) is 84.7 cm³/mol. The molecule has 2 aromatic carbocycles. The smallest absolute Gasteiger partial charge is 0.183 e. The normalized spacial score (nSPS) is 12.5. The third-order valence-electron chi connectivity index (χ3n) is 2.76. The number of nitrogens with zero attached hydrogens (tertiary/aromatic N) is 2. The summed E-state index contributed by atoms with van der Waals surface area (Å²) >= 11 is 1.42. The van der Waals surface area contributed by atoms with Gasteiger partial charge in [0.05, 0.1) is 5.69 Å². The van der Waals surface area contributed by atoms with Crippen LogP contribution >= 0.6 is 11.8 Å². The maximum atomic E-state index is 13.2. The van der Waals surface area contributed by atoms with Gasteiger partial charge in [0.25, 0.3) is 0 Å². The molecule has 3 nitrogen and oxygen atoms in total. The highest BCUT2D eigenvalue weighted by Crippen LogP contribution is 2.29. The third-order valence-corrected chi connectivity index (χ3v) is 3.80. The van der Waals surface area contributed by atoms with E-state index in [0.717, 1.165) is 5.56 Å². The van der Waals surface area contributed by atoms with E-state index in [1.54, 1.807) is 12.1 Å². The number of halogens is 1. The largest absolute Gasteiger partial charge is 0.271 e. The van der Waals surface area contributed by atoms with Crippen LogP contribution in [0.1, 0.15) is 17.7 Å². The van der Waals surface area contributed by atoms with E-state index in [4.69, 9.17) is 5.26 Å². The summed E-state index contributed by atoms with van der Waals surface area (Å²) in [6.45, 7) is 2.03. The molecule has 0 amide bonds. The van der Waals surface area contributed by atoms with Gasteiger partial charge in [0.15, 0.2) is 11.4 Å². The van der Waals surface area contributed by atoms with Crippen molar-refractivity contribution >= 4 is 22.6 Å². The number of hydrogen-bond acceptors (Lipinski definition) is 3. The summed E-state index contributed by atoms with van der Waals surface area (Å²) < 4.78 is 13.2. The van der Waals surface area contributed by atoms with Crippen LogP contribution in [0.4, 0.5) is 10.1 Å². The van der Waals surface area contributed by atoms with E-state index in [0.29, 0.717) is 10.9 Å². The molecule has 0 aliphatic carbocycles. The van der Waals surface area contributed by atoms with Crippen molar-refractivity contribution in [2.24, 2.45) is 4.99 Å². The van der Waals surface area contributed by atoms with Crippen molar-refractivity contribution < 1.29 is 4.39 Å². The van der Waals surface area contributed by atoms with Crippen molar-refractivity contribution in [2.75, 3.05) is 0 Å². The van der Waals surface area contributed by atoms with E-state index in [1.807, 2.05) is 43.4 Å². The Morgan fingerprint density at radius 2 is 2.00 bits per heavy atom. The number of nitriles is 1. The van der Waals surface area contributed by atoms with Crippen molar-refractivity contribution in [3.05, 3.63) is 66.0 Å². The quantitative estimate of drug-likeness (QED) is 0.396. The molecule has 0 aromatic heterocycles. The van der Waals surface area contributed by atoms with Gasteiger partial charge < -0.3 is 0 Å². The average Bonchev–Trinajstić information content (AvgIpc) is 2.48. The first kappa shape index (κ1) is 15.1. The summed E-state index contributed by atoms with van der Waals surface area (Å²) in [5.41, 5.74) is 1.61. The first-order chi connectivity index (χ1) is 10.2. The van der Waals surface area contributed by atoms with Gasteiger partial charge in [0.2, 0.25) is 0 Å². The van der Waals surface area contributed by atoms with Crippen molar-refractivity contribution in [1.82, 2.24) is 5.32 Å². The van der Waals surface area contributed by atoms with Crippen molar-refractivity contribution in [1.29, 1.82) is 5.26 Å². The zero-order valence-corrected chi connectivity index (χ0v) is 12.3. The highest BCUT2D eigenvalue weighted by Gasteiger charge is 2.10. The van der Waals surface area contributed by atoms with Crippen LogP contribution in [0.5, 0.6) is 0 Å². The number of nitrogens with one attached hydrogen (secondary N) is 1. The molecule has 0 aliphatic rings. The van der Waals surface area contributed by atoms with E-state index < -0.39 is 0 Å². The monoisotopic (exact) mass is 299 g/mol. The molecule has 1 unspecified atom stereocenters. The summed E-state index contributed by atoms with van der Waals surface area (Å²) in [5, 5.41) is 11.9. The number of hydrogen-bond donors (Lipinski definition) is 1. The molecule has 0 aliphatic heterocycles. The van der Waals surface area contributed by atoms with Crippen LogP contribution in [0.3, 0.4) is 0 Å². The van der Waals surface area contributed by atoms with E-state index in [1.165, 1.54) is 23.9 Å². The van der Waals surface area contributed by atoms with Gasteiger partial charge >= 0.3 is 0 Å². The van der Waals surface area contributed by atoms with Gasteiger partial charge in [-0.2, -0.15) is 5.26 Å². The fourth-order valence-corrected chi connectivity index (χ4v) is 2.64. The Labute approximate surface area is 127 Å². The fourth-order valence-electron chi connectivity index (χ4n) is 1.75. The Kier molecular flexibility index (Phi) is 5.35. The van der Waals surface area contributed by atoms with Crippen molar-refractivity contribution in [2.45, 2.75) is 12.2 Å². The van der Waals surface area contributed by atoms with Gasteiger partial charge in [0, 0.05) is 5.25 Å². The molecule has 0 heterocycles. The molecule has 21 heavy (non-hydrogen) atoms. The van der Waals surface area contributed by atoms with Crippen molar-refractivity contribution in [3.63, 3.8) is 0 Å². The minimum absolute atomic E-state index is 0.124. The lowest BCUT2D eigenvalue weighted by atomic mass is 10.2. The molecule has 2 aromatic rings. The summed E-state index contributed by atoms with van der Waals surface area (Å²) in [7, 11) is 0. The second kappa shape index (κ2) is 7.46. The van der Waals surface area contributed by atoms with Crippen LogP contribution in [-0.2, 0) is 0 Å². The van der Waals surface area contributed by atoms with Crippen LogP contribution in [-0.4, -0.2) is 5.17 Å². The molecule has 0 radical (unpaired) electrons. The maximum absolute atomic E-state index is 13.2. The Balaban J connectivity index is 2.18. The predicted octanol–water partition coefficient (Wildman–Crippen LogP) is 4.38. The summed E-state index contributed by atoms with van der Waals surface area (Å²) in [4.78, 5) is 4.28. The number of thioether (sulfide) groups is 1. The Hall–Kier alpha value is -2.32. The first-order valence-corrected chi connectivity index (χ1v) is 7.28. The average molecular weight is 299 g/mol. The highest BCUT2D eigenvalue weighted by atomic mass is 32.2. The van der Waals surface area contributed by atoms with Crippen LogP contribution in [0.15, 0.2) is 59.6 Å². The van der Waals surface area contributed by atoms with Crippen LogP contribution in [0.2, 0.25) is 0 Å². The third kappa shape index (κ3) is 4.62. The molecule has 0 saturated carbocycles. The molecule has 1 N–H and O–H groups in total. The van der Waals surface area contributed by atoms with E-state index in [9.17, 15) is 4.39 Å². The lowest BCUT2D eigenvalue weighted by Gasteiger charge is -2.12. The molecular weight excluding hydrogens is 285 g/mol. The summed E-state index contributed by atoms with van der Waals surface area (Å²) in [5.74, 6) is -0.353. The Morgan fingerprint density at radius 3 is 2.67 bits per heavy atom. The number of aliphatic imine (C=N–C) groups is 1. The first-order valence-electron chi connectivity index (χ1n) is 6.40. The van der Waals surface area contributed by atoms with E-state index in [-0.39, 0.29) is 11.1 Å².